The highest BCUT2D eigenvalue weighted by molar-refractivity contribution is 6.02. The van der Waals surface area contributed by atoms with Crippen molar-refractivity contribution in [3.05, 3.63) is 41.7 Å². The Balaban J connectivity index is 1.48. The Labute approximate surface area is 181 Å². The van der Waals surface area contributed by atoms with Crippen LogP contribution in [0.5, 0.6) is 17.2 Å². The molecule has 0 unspecified atom stereocenters. The van der Waals surface area contributed by atoms with Crippen molar-refractivity contribution < 1.29 is 19.0 Å². The highest BCUT2D eigenvalue weighted by Crippen LogP contribution is 2.41. The molecule has 8 nitrogen and oxygen atoms in total. The van der Waals surface area contributed by atoms with Gasteiger partial charge in [0, 0.05) is 37.3 Å². The van der Waals surface area contributed by atoms with E-state index >= 15 is 0 Å². The first-order valence-electron chi connectivity index (χ1n) is 10.4. The monoisotopic (exact) mass is 424 g/mol. The van der Waals surface area contributed by atoms with Gasteiger partial charge in [0.1, 0.15) is 17.3 Å². The predicted molar refractivity (Wildman–Crippen MR) is 119 cm³/mol. The average molecular weight is 425 g/mol. The number of rotatable bonds is 7. The molecule has 0 atom stereocenters. The van der Waals surface area contributed by atoms with Crippen LogP contribution in [0.1, 0.15) is 35.3 Å². The predicted octanol–water partition coefficient (Wildman–Crippen LogP) is 3.51. The number of aromatic amines is 1. The molecule has 2 aromatic heterocycles. The van der Waals surface area contributed by atoms with Crippen LogP contribution in [-0.2, 0) is 6.54 Å². The number of hydrogen-bond acceptors (Lipinski definition) is 6. The highest BCUT2D eigenvalue weighted by Gasteiger charge is 2.19. The van der Waals surface area contributed by atoms with Crippen LogP contribution in [0.4, 0.5) is 5.82 Å². The second-order valence-corrected chi connectivity index (χ2v) is 7.54. The lowest BCUT2D eigenvalue weighted by Gasteiger charge is -2.27. The molecule has 2 N–H and O–H groups in total. The molecule has 0 bridgehead atoms. The fourth-order valence-electron chi connectivity index (χ4n) is 3.97. The molecule has 1 saturated heterocycles. The van der Waals surface area contributed by atoms with E-state index in [1.165, 1.54) is 19.3 Å². The molecular weight excluding hydrogens is 396 g/mol. The first kappa shape index (κ1) is 20.8. The van der Waals surface area contributed by atoms with E-state index in [0.29, 0.717) is 35.0 Å². The summed E-state index contributed by atoms with van der Waals surface area (Å²) >= 11 is 0. The maximum atomic E-state index is 12.8. The summed E-state index contributed by atoms with van der Waals surface area (Å²) in [6.45, 7) is 2.50. The first-order valence-corrected chi connectivity index (χ1v) is 10.4. The number of benzene rings is 1. The van der Waals surface area contributed by atoms with E-state index in [4.69, 9.17) is 14.2 Å². The Morgan fingerprint density at radius 3 is 2.48 bits per heavy atom. The van der Waals surface area contributed by atoms with Crippen LogP contribution in [0.2, 0.25) is 0 Å². The highest BCUT2D eigenvalue weighted by atomic mass is 16.5. The number of ether oxygens (including phenoxy) is 3. The minimum atomic E-state index is -0.223. The van der Waals surface area contributed by atoms with Crippen LogP contribution in [0.15, 0.2) is 30.5 Å². The van der Waals surface area contributed by atoms with Gasteiger partial charge < -0.3 is 29.4 Å². The van der Waals surface area contributed by atoms with Gasteiger partial charge in [-0.3, -0.25) is 4.79 Å². The Kier molecular flexibility index (Phi) is 6.16. The van der Waals surface area contributed by atoms with Crippen LogP contribution in [-0.4, -0.2) is 50.3 Å². The van der Waals surface area contributed by atoms with Gasteiger partial charge in [0.15, 0.2) is 11.5 Å². The molecule has 1 aromatic carbocycles. The number of aromatic nitrogens is 2. The molecule has 0 radical (unpaired) electrons. The maximum absolute atomic E-state index is 12.8. The van der Waals surface area contributed by atoms with E-state index in [9.17, 15) is 4.79 Å². The van der Waals surface area contributed by atoms with Crippen LogP contribution in [0.3, 0.4) is 0 Å². The molecule has 0 aliphatic carbocycles. The van der Waals surface area contributed by atoms with E-state index in [1.807, 2.05) is 18.3 Å². The molecule has 1 aliphatic rings. The second-order valence-electron chi connectivity index (χ2n) is 7.54. The minimum Gasteiger partial charge on any atom is -0.496 e. The number of carbonyl (C=O) groups excluding carboxylic acids is 1. The van der Waals surface area contributed by atoms with Crippen molar-refractivity contribution in [3.63, 3.8) is 0 Å². The summed E-state index contributed by atoms with van der Waals surface area (Å²) in [4.78, 5) is 22.8. The number of amides is 1. The Hall–Kier alpha value is -3.42. The van der Waals surface area contributed by atoms with E-state index in [1.54, 1.807) is 33.5 Å². The van der Waals surface area contributed by atoms with E-state index < -0.39 is 0 Å². The number of nitrogens with zero attached hydrogens (tertiary/aromatic N) is 2. The lowest BCUT2D eigenvalue weighted by molar-refractivity contribution is 0.0946. The molecule has 8 heteroatoms. The summed E-state index contributed by atoms with van der Waals surface area (Å²) in [5, 5.41) is 3.69. The zero-order chi connectivity index (χ0) is 21.8. The van der Waals surface area contributed by atoms with Gasteiger partial charge in [0.2, 0.25) is 0 Å². The SMILES string of the molecule is COc1cc(OC)c2cc(C(=O)NCc3ccc(N4CCCCC4)nc3)[nH]c2c1OC. The summed E-state index contributed by atoms with van der Waals surface area (Å²) in [5.41, 5.74) is 2.01. The molecular formula is C23H28N4O4. The number of hydrogen-bond donors (Lipinski definition) is 2. The number of nitrogens with one attached hydrogen (secondary N) is 2. The molecule has 1 fully saturated rings. The molecule has 3 aromatic rings. The van der Waals surface area contributed by atoms with E-state index in [-0.39, 0.29) is 5.91 Å². The number of pyridine rings is 1. The van der Waals surface area contributed by atoms with Gasteiger partial charge in [-0.25, -0.2) is 4.98 Å². The van der Waals surface area contributed by atoms with Crippen molar-refractivity contribution in [1.82, 2.24) is 15.3 Å². The summed E-state index contributed by atoms with van der Waals surface area (Å²) in [5.74, 6) is 2.42. The van der Waals surface area contributed by atoms with Gasteiger partial charge in [-0.05, 0) is 37.0 Å². The third kappa shape index (κ3) is 4.23. The molecule has 4 rings (SSSR count). The van der Waals surface area contributed by atoms with E-state index in [0.717, 1.165) is 29.9 Å². The van der Waals surface area contributed by atoms with Crippen molar-refractivity contribution in [1.29, 1.82) is 0 Å². The minimum absolute atomic E-state index is 0.223. The van der Waals surface area contributed by atoms with Crippen molar-refractivity contribution in [3.8, 4) is 17.2 Å². The van der Waals surface area contributed by atoms with Gasteiger partial charge in [-0.1, -0.05) is 6.07 Å². The molecule has 1 amide bonds. The largest absolute Gasteiger partial charge is 0.496 e. The van der Waals surface area contributed by atoms with E-state index in [2.05, 4.69) is 20.2 Å². The fourth-order valence-corrected chi connectivity index (χ4v) is 3.97. The average Bonchev–Trinajstić information content (AvgIpc) is 3.27. The number of anilines is 1. The molecule has 1 aliphatic heterocycles. The second kappa shape index (κ2) is 9.16. The lowest BCUT2D eigenvalue weighted by atomic mass is 10.1. The van der Waals surface area contributed by atoms with Crippen LogP contribution in [0, 0.1) is 0 Å². The van der Waals surface area contributed by atoms with Gasteiger partial charge in [-0.15, -0.1) is 0 Å². The Morgan fingerprint density at radius 1 is 1.06 bits per heavy atom. The molecule has 31 heavy (non-hydrogen) atoms. The summed E-state index contributed by atoms with van der Waals surface area (Å²) in [6.07, 6.45) is 5.54. The van der Waals surface area contributed by atoms with Gasteiger partial charge >= 0.3 is 0 Å². The van der Waals surface area contributed by atoms with Crippen LogP contribution < -0.4 is 24.4 Å². The zero-order valence-corrected chi connectivity index (χ0v) is 18.2. The third-order valence-electron chi connectivity index (χ3n) is 5.63. The van der Waals surface area contributed by atoms with Crippen LogP contribution in [0.25, 0.3) is 10.9 Å². The molecule has 164 valence electrons. The number of H-pyrrole nitrogens is 1. The van der Waals surface area contributed by atoms with Gasteiger partial charge in [0.25, 0.3) is 5.91 Å². The summed E-state index contributed by atoms with van der Waals surface area (Å²) < 4.78 is 16.3. The molecule has 0 saturated carbocycles. The number of piperidine rings is 1. The van der Waals surface area contributed by atoms with Crippen LogP contribution >= 0.6 is 0 Å². The van der Waals surface area contributed by atoms with Gasteiger partial charge in [0.05, 0.1) is 26.8 Å². The quantitative estimate of drug-likeness (QED) is 0.603. The Morgan fingerprint density at radius 2 is 1.84 bits per heavy atom. The summed E-state index contributed by atoms with van der Waals surface area (Å²) in [6, 6.07) is 7.53. The van der Waals surface area contributed by atoms with Crippen molar-refractivity contribution in [2.45, 2.75) is 25.8 Å². The normalized spacial score (nSPS) is 13.8. The smallest absolute Gasteiger partial charge is 0.268 e. The standard InChI is InChI=1S/C23H28N4O4/c1-29-18-12-19(30-2)22(31-3)21-16(18)11-17(26-21)23(28)25-14-15-7-8-20(24-13-15)27-9-5-4-6-10-27/h7-8,11-13,26H,4-6,9-10,14H2,1-3H3,(H,25,28). The molecule has 3 heterocycles. The third-order valence-corrected chi connectivity index (χ3v) is 5.63. The number of methoxy groups -OCH3 is 3. The summed E-state index contributed by atoms with van der Waals surface area (Å²) in [7, 11) is 4.70. The Bertz CT molecular complexity index is 1060. The van der Waals surface area contributed by atoms with Crippen molar-refractivity contribution >= 4 is 22.6 Å². The van der Waals surface area contributed by atoms with Crippen molar-refractivity contribution in [2.24, 2.45) is 0 Å². The fraction of sp³-hybridized carbons (Fsp3) is 0.391. The lowest BCUT2D eigenvalue weighted by Crippen LogP contribution is -2.30. The van der Waals surface area contributed by atoms with Gasteiger partial charge in [-0.2, -0.15) is 0 Å². The van der Waals surface area contributed by atoms with Crippen molar-refractivity contribution in [2.75, 3.05) is 39.3 Å². The molecule has 0 spiro atoms. The first-order chi connectivity index (χ1) is 15.1. The number of fused-ring (bicyclic) bond motifs is 1. The topological polar surface area (TPSA) is 88.7 Å². The zero-order valence-electron chi connectivity index (χ0n) is 18.2. The maximum Gasteiger partial charge on any atom is 0.268 e. The number of carbonyl (C=O) groups is 1.